The van der Waals surface area contributed by atoms with E-state index in [1.165, 1.54) is 10.8 Å². The number of benzene rings is 1. The molecule has 0 saturated carbocycles. The van der Waals surface area contributed by atoms with Crippen molar-refractivity contribution < 1.29 is 4.74 Å². The van der Waals surface area contributed by atoms with Gasteiger partial charge in [-0.3, -0.25) is 0 Å². The van der Waals surface area contributed by atoms with E-state index in [4.69, 9.17) is 4.74 Å². The van der Waals surface area contributed by atoms with Gasteiger partial charge in [0.05, 0.1) is 8.07 Å². The first-order chi connectivity index (χ1) is 8.20. The van der Waals surface area contributed by atoms with Gasteiger partial charge in [-0.25, -0.2) is 0 Å². The van der Waals surface area contributed by atoms with Crippen molar-refractivity contribution in [2.24, 2.45) is 0 Å². The third-order valence-corrected chi connectivity index (χ3v) is 9.53. The Labute approximate surface area is 113 Å². The predicted molar refractivity (Wildman–Crippen MR) is 83.7 cm³/mol. The minimum absolute atomic E-state index is 0.313. The van der Waals surface area contributed by atoms with E-state index in [-0.39, 0.29) is 0 Å². The molecule has 100 valence electrons. The van der Waals surface area contributed by atoms with E-state index < -0.39 is 8.07 Å². The molecular formula is C16H26OSi. The molecule has 0 N–H and O–H groups in total. The van der Waals surface area contributed by atoms with Crippen LogP contribution in [0.1, 0.15) is 26.3 Å². The Bertz CT molecular complexity index is 427. The van der Waals surface area contributed by atoms with Crippen LogP contribution in [0.3, 0.4) is 0 Å². The third-order valence-electron chi connectivity index (χ3n) is 4.04. The van der Waals surface area contributed by atoms with E-state index in [0.717, 1.165) is 5.75 Å². The summed E-state index contributed by atoms with van der Waals surface area (Å²) >= 11 is 0. The van der Waals surface area contributed by atoms with Crippen LogP contribution in [-0.2, 0) is 0 Å². The number of rotatable bonds is 4. The lowest BCUT2D eigenvalue weighted by Crippen LogP contribution is -2.50. The smallest absolute Gasteiger partial charge is 0.119 e. The molecule has 0 unspecified atom stereocenters. The summed E-state index contributed by atoms with van der Waals surface area (Å²) < 4.78 is 5.84. The second kappa shape index (κ2) is 5.31. The van der Waals surface area contributed by atoms with Gasteiger partial charge in [0, 0.05) is 0 Å². The van der Waals surface area contributed by atoms with Gasteiger partial charge in [-0.1, -0.05) is 64.2 Å². The lowest BCUT2D eigenvalue weighted by Gasteiger charge is -2.38. The fourth-order valence-corrected chi connectivity index (χ4v) is 3.98. The van der Waals surface area contributed by atoms with Gasteiger partial charge in [-0.15, -0.1) is 0 Å². The zero-order chi connectivity index (χ0) is 14.0. The highest BCUT2D eigenvalue weighted by molar-refractivity contribution is 6.92. The maximum absolute atomic E-state index is 5.84. The SMILES string of the molecule is C=CCOc1ccc(C)cc1[Si](C)(C)C(C)(C)C. The monoisotopic (exact) mass is 262 g/mol. The molecule has 0 fully saturated rings. The molecule has 0 aliphatic heterocycles. The first-order valence-electron chi connectivity index (χ1n) is 6.55. The molecule has 2 heteroatoms. The molecule has 1 nitrogen and oxygen atoms in total. The van der Waals surface area contributed by atoms with Crippen molar-refractivity contribution in [2.75, 3.05) is 6.61 Å². The molecule has 0 atom stereocenters. The number of hydrogen-bond acceptors (Lipinski definition) is 1. The van der Waals surface area contributed by atoms with Gasteiger partial charge in [0.15, 0.2) is 0 Å². The van der Waals surface area contributed by atoms with Crippen LogP contribution in [0.4, 0.5) is 0 Å². The molecule has 0 bridgehead atoms. The average Bonchev–Trinajstić information content (AvgIpc) is 2.25. The number of ether oxygens (including phenoxy) is 1. The van der Waals surface area contributed by atoms with Crippen molar-refractivity contribution in [3.05, 3.63) is 36.4 Å². The topological polar surface area (TPSA) is 9.23 Å². The van der Waals surface area contributed by atoms with Gasteiger partial charge in [0.2, 0.25) is 0 Å². The summed E-state index contributed by atoms with van der Waals surface area (Å²) in [6.07, 6.45) is 1.80. The first-order valence-corrected chi connectivity index (χ1v) is 9.55. The molecule has 0 heterocycles. The highest BCUT2D eigenvalue weighted by atomic mass is 28.3. The van der Waals surface area contributed by atoms with Crippen LogP contribution < -0.4 is 9.92 Å². The molecule has 0 aliphatic rings. The molecule has 1 aromatic carbocycles. The van der Waals surface area contributed by atoms with Gasteiger partial charge in [0.1, 0.15) is 12.4 Å². The minimum atomic E-state index is -1.57. The highest BCUT2D eigenvalue weighted by Crippen LogP contribution is 2.37. The van der Waals surface area contributed by atoms with Gasteiger partial charge in [0.25, 0.3) is 0 Å². The summed E-state index contributed by atoms with van der Waals surface area (Å²) in [6.45, 7) is 18.3. The van der Waals surface area contributed by atoms with Crippen molar-refractivity contribution in [3.63, 3.8) is 0 Å². The molecule has 1 rings (SSSR count). The second-order valence-corrected chi connectivity index (χ2v) is 11.8. The average molecular weight is 262 g/mol. The van der Waals surface area contributed by atoms with Crippen LogP contribution in [0.5, 0.6) is 5.75 Å². The summed E-state index contributed by atoms with van der Waals surface area (Å²) in [5.74, 6) is 1.03. The molecule has 0 amide bonds. The summed E-state index contributed by atoms with van der Waals surface area (Å²) in [7, 11) is -1.57. The lowest BCUT2D eigenvalue weighted by atomic mass is 10.2. The van der Waals surface area contributed by atoms with Crippen LogP contribution in [0.25, 0.3) is 0 Å². The van der Waals surface area contributed by atoms with Crippen LogP contribution in [0.2, 0.25) is 18.1 Å². The maximum atomic E-state index is 5.84. The minimum Gasteiger partial charge on any atom is -0.490 e. The molecule has 0 spiro atoms. The third kappa shape index (κ3) is 3.05. The molecule has 0 aliphatic carbocycles. The number of hydrogen-bond donors (Lipinski definition) is 0. The summed E-state index contributed by atoms with van der Waals surface area (Å²) in [6, 6.07) is 6.53. The summed E-state index contributed by atoms with van der Waals surface area (Å²) in [5, 5.41) is 1.73. The van der Waals surface area contributed by atoms with Gasteiger partial charge < -0.3 is 4.74 Å². The molecule has 0 saturated heterocycles. The van der Waals surface area contributed by atoms with E-state index in [9.17, 15) is 0 Å². The Morgan fingerprint density at radius 1 is 1.28 bits per heavy atom. The normalized spacial score (nSPS) is 12.3. The van der Waals surface area contributed by atoms with Crippen molar-refractivity contribution in [2.45, 2.75) is 45.8 Å². The second-order valence-electron chi connectivity index (χ2n) is 6.47. The molecule has 0 radical (unpaired) electrons. The Morgan fingerprint density at radius 2 is 1.89 bits per heavy atom. The van der Waals surface area contributed by atoms with Gasteiger partial charge >= 0.3 is 0 Å². The zero-order valence-corrected chi connectivity index (χ0v) is 13.6. The van der Waals surface area contributed by atoms with E-state index in [2.05, 4.69) is 65.6 Å². The Kier molecular flexibility index (Phi) is 4.44. The maximum Gasteiger partial charge on any atom is 0.119 e. The largest absolute Gasteiger partial charge is 0.490 e. The number of aryl methyl sites for hydroxylation is 1. The van der Waals surface area contributed by atoms with Crippen LogP contribution in [0.15, 0.2) is 30.9 Å². The fraction of sp³-hybridized carbons (Fsp3) is 0.500. The molecular weight excluding hydrogens is 236 g/mol. The predicted octanol–water partition coefficient (Wildman–Crippen LogP) is 4.28. The highest BCUT2D eigenvalue weighted by Gasteiger charge is 2.38. The Balaban J connectivity index is 3.28. The standard InChI is InChI=1S/C16H26OSi/c1-8-11-17-14-10-9-13(2)12-15(14)18(6,7)16(3,4)5/h8-10,12H,1,11H2,2-7H3. The molecule has 0 aromatic heterocycles. The van der Waals surface area contributed by atoms with E-state index in [1.54, 1.807) is 6.08 Å². The summed E-state index contributed by atoms with van der Waals surface area (Å²) in [5.41, 5.74) is 1.31. The van der Waals surface area contributed by atoms with Crippen molar-refractivity contribution in [1.82, 2.24) is 0 Å². The summed E-state index contributed by atoms with van der Waals surface area (Å²) in [4.78, 5) is 0. The van der Waals surface area contributed by atoms with Crippen LogP contribution >= 0.6 is 0 Å². The first kappa shape index (κ1) is 15.0. The van der Waals surface area contributed by atoms with Crippen LogP contribution in [0, 0.1) is 6.92 Å². The van der Waals surface area contributed by atoms with Gasteiger partial charge in [-0.2, -0.15) is 0 Å². The fourth-order valence-electron chi connectivity index (χ4n) is 1.81. The molecule has 1 aromatic rings. The molecule has 18 heavy (non-hydrogen) atoms. The Morgan fingerprint density at radius 3 is 2.39 bits per heavy atom. The van der Waals surface area contributed by atoms with Crippen molar-refractivity contribution in [1.29, 1.82) is 0 Å². The van der Waals surface area contributed by atoms with E-state index >= 15 is 0 Å². The zero-order valence-electron chi connectivity index (χ0n) is 12.6. The quantitative estimate of drug-likeness (QED) is 0.581. The van der Waals surface area contributed by atoms with E-state index in [0.29, 0.717) is 11.6 Å². The van der Waals surface area contributed by atoms with Crippen molar-refractivity contribution >= 4 is 13.3 Å². The van der Waals surface area contributed by atoms with Crippen LogP contribution in [-0.4, -0.2) is 14.7 Å². The lowest BCUT2D eigenvalue weighted by molar-refractivity contribution is 0.365. The van der Waals surface area contributed by atoms with Gasteiger partial charge in [-0.05, 0) is 23.2 Å². The Hall–Kier alpha value is -1.02. The van der Waals surface area contributed by atoms with E-state index in [1.807, 2.05) is 0 Å². The van der Waals surface area contributed by atoms with Crippen molar-refractivity contribution in [3.8, 4) is 5.75 Å².